The Bertz CT molecular complexity index is 950. The van der Waals surface area contributed by atoms with E-state index in [-0.39, 0.29) is 10.6 Å². The lowest BCUT2D eigenvalue weighted by Gasteiger charge is -2.07. The Balaban J connectivity index is 1.93. The van der Waals surface area contributed by atoms with Crippen LogP contribution in [0.1, 0.15) is 26.3 Å². The molecule has 2 aromatic carbocycles. The Hall–Kier alpha value is -2.67. The highest BCUT2D eigenvalue weighted by Crippen LogP contribution is 2.36. The van der Waals surface area contributed by atoms with Crippen LogP contribution < -0.4 is 11.1 Å². The van der Waals surface area contributed by atoms with Gasteiger partial charge in [0.05, 0.1) is 0 Å². The lowest BCUT2D eigenvalue weighted by atomic mass is 10.0. The van der Waals surface area contributed by atoms with Crippen molar-refractivity contribution in [1.29, 1.82) is 0 Å². The van der Waals surface area contributed by atoms with E-state index in [9.17, 15) is 14.7 Å². The molecule has 3 aromatic rings. The minimum Gasteiger partial charge on any atom is -0.478 e. The Morgan fingerprint density at radius 3 is 2.31 bits per heavy atom. The van der Waals surface area contributed by atoms with Crippen molar-refractivity contribution in [2.45, 2.75) is 6.54 Å². The predicted molar refractivity (Wildman–Crippen MR) is 104 cm³/mol. The Labute approximate surface area is 159 Å². The fourth-order valence-corrected chi connectivity index (χ4v) is 3.55. The average molecular weight is 387 g/mol. The lowest BCUT2D eigenvalue weighted by molar-refractivity contribution is 0.0699. The minimum atomic E-state index is -1.10. The number of nitrogens with two attached hydrogens (primary N) is 1. The summed E-state index contributed by atoms with van der Waals surface area (Å²) in [6.07, 6.45) is 0. The summed E-state index contributed by atoms with van der Waals surface area (Å²) < 4.78 is 0. The van der Waals surface area contributed by atoms with E-state index < -0.39 is 11.9 Å². The van der Waals surface area contributed by atoms with E-state index in [1.54, 1.807) is 29.6 Å². The molecular formula is C19H15ClN2O3S. The number of carboxylic acid groups (broad SMARTS) is 1. The summed E-state index contributed by atoms with van der Waals surface area (Å²) >= 11 is 6.99. The SMILES string of the molecule is NCc1ccc(-c2csc(NC(=O)c3ccc(Cl)cc3)c2C(=O)O)cc1. The maximum absolute atomic E-state index is 12.4. The summed E-state index contributed by atoms with van der Waals surface area (Å²) in [6, 6.07) is 13.7. The molecule has 1 heterocycles. The van der Waals surface area contributed by atoms with Crippen LogP contribution in [-0.4, -0.2) is 17.0 Å². The summed E-state index contributed by atoms with van der Waals surface area (Å²) in [4.78, 5) is 24.2. The first-order chi connectivity index (χ1) is 12.5. The highest BCUT2D eigenvalue weighted by molar-refractivity contribution is 7.15. The van der Waals surface area contributed by atoms with Gasteiger partial charge in [0.2, 0.25) is 0 Å². The first kappa shape index (κ1) is 18.1. The van der Waals surface area contributed by atoms with Gasteiger partial charge in [0, 0.05) is 28.1 Å². The largest absolute Gasteiger partial charge is 0.478 e. The van der Waals surface area contributed by atoms with E-state index in [0.29, 0.717) is 22.7 Å². The van der Waals surface area contributed by atoms with Crippen molar-refractivity contribution in [3.05, 3.63) is 75.6 Å². The summed E-state index contributed by atoms with van der Waals surface area (Å²) in [5.74, 6) is -1.49. The van der Waals surface area contributed by atoms with Gasteiger partial charge in [0.1, 0.15) is 10.6 Å². The van der Waals surface area contributed by atoms with Gasteiger partial charge in [-0.25, -0.2) is 4.79 Å². The molecule has 4 N–H and O–H groups in total. The van der Waals surface area contributed by atoms with E-state index >= 15 is 0 Å². The van der Waals surface area contributed by atoms with Crippen LogP contribution in [-0.2, 0) is 6.54 Å². The number of amides is 1. The van der Waals surface area contributed by atoms with Gasteiger partial charge in [-0.3, -0.25) is 4.79 Å². The highest BCUT2D eigenvalue weighted by Gasteiger charge is 2.21. The van der Waals surface area contributed by atoms with Crippen molar-refractivity contribution in [2.75, 3.05) is 5.32 Å². The van der Waals surface area contributed by atoms with Gasteiger partial charge in [-0.2, -0.15) is 0 Å². The molecule has 1 aromatic heterocycles. The van der Waals surface area contributed by atoms with Gasteiger partial charge >= 0.3 is 5.97 Å². The van der Waals surface area contributed by atoms with Crippen molar-refractivity contribution in [1.82, 2.24) is 0 Å². The van der Waals surface area contributed by atoms with Gasteiger partial charge < -0.3 is 16.2 Å². The normalized spacial score (nSPS) is 10.5. The van der Waals surface area contributed by atoms with Crippen LogP contribution in [0.4, 0.5) is 5.00 Å². The molecule has 0 atom stereocenters. The molecule has 0 saturated carbocycles. The number of benzene rings is 2. The molecule has 0 bridgehead atoms. The molecule has 0 saturated heterocycles. The average Bonchev–Trinajstić information content (AvgIpc) is 3.06. The van der Waals surface area contributed by atoms with Crippen LogP contribution in [0.2, 0.25) is 5.02 Å². The van der Waals surface area contributed by atoms with Crippen molar-refractivity contribution in [3.63, 3.8) is 0 Å². The second-order valence-electron chi connectivity index (χ2n) is 5.52. The number of anilines is 1. The fraction of sp³-hybridized carbons (Fsp3) is 0.0526. The van der Waals surface area contributed by atoms with Crippen LogP contribution in [0.15, 0.2) is 53.9 Å². The standard InChI is InChI=1S/C19H15ClN2O3S/c20-14-7-5-13(6-8-14)17(23)22-18-16(19(24)25)15(10-26-18)12-3-1-11(9-21)2-4-12/h1-8,10H,9,21H2,(H,22,23)(H,24,25). The lowest BCUT2D eigenvalue weighted by Crippen LogP contribution is -2.13. The van der Waals surface area contributed by atoms with E-state index in [1.165, 1.54) is 11.3 Å². The third-order valence-corrected chi connectivity index (χ3v) is 4.99. The molecule has 132 valence electrons. The molecular weight excluding hydrogens is 372 g/mol. The van der Waals surface area contributed by atoms with Gasteiger partial charge in [-0.05, 0) is 35.4 Å². The number of carbonyl (C=O) groups is 2. The molecule has 26 heavy (non-hydrogen) atoms. The smallest absolute Gasteiger partial charge is 0.339 e. The summed E-state index contributed by atoms with van der Waals surface area (Å²) in [5.41, 5.74) is 8.32. The molecule has 1 amide bonds. The van der Waals surface area contributed by atoms with Crippen molar-refractivity contribution < 1.29 is 14.7 Å². The number of thiophene rings is 1. The number of nitrogens with one attached hydrogen (secondary N) is 1. The van der Waals surface area contributed by atoms with Crippen LogP contribution >= 0.6 is 22.9 Å². The highest BCUT2D eigenvalue weighted by atomic mass is 35.5. The van der Waals surface area contributed by atoms with Gasteiger partial charge in [-0.15, -0.1) is 11.3 Å². The molecule has 0 aliphatic carbocycles. The summed E-state index contributed by atoms with van der Waals surface area (Å²) in [6.45, 7) is 0.415. The molecule has 0 spiro atoms. The zero-order valence-electron chi connectivity index (χ0n) is 13.5. The number of rotatable bonds is 5. The fourth-order valence-electron chi connectivity index (χ4n) is 2.47. The van der Waals surface area contributed by atoms with Crippen molar-refractivity contribution >= 4 is 39.8 Å². The number of halogens is 1. The third-order valence-electron chi connectivity index (χ3n) is 3.84. The zero-order valence-corrected chi connectivity index (χ0v) is 15.1. The third kappa shape index (κ3) is 3.77. The minimum absolute atomic E-state index is 0.0674. The first-order valence-corrected chi connectivity index (χ1v) is 8.96. The van der Waals surface area contributed by atoms with E-state index in [1.807, 2.05) is 24.3 Å². The second-order valence-corrected chi connectivity index (χ2v) is 6.84. The van der Waals surface area contributed by atoms with Crippen LogP contribution in [0.5, 0.6) is 0 Å². The Morgan fingerprint density at radius 2 is 1.73 bits per heavy atom. The molecule has 0 aliphatic rings. The van der Waals surface area contributed by atoms with E-state index in [0.717, 1.165) is 11.1 Å². The molecule has 0 aliphatic heterocycles. The number of hydrogen-bond acceptors (Lipinski definition) is 4. The number of hydrogen-bond donors (Lipinski definition) is 3. The quantitative estimate of drug-likeness (QED) is 0.602. The topological polar surface area (TPSA) is 92.4 Å². The van der Waals surface area contributed by atoms with Crippen LogP contribution in [0.3, 0.4) is 0 Å². The summed E-state index contributed by atoms with van der Waals surface area (Å²) in [5, 5.41) is 14.8. The van der Waals surface area contributed by atoms with E-state index in [2.05, 4.69) is 5.32 Å². The number of carbonyl (C=O) groups excluding carboxylic acids is 1. The number of carboxylic acids is 1. The number of aromatic carboxylic acids is 1. The second kappa shape index (κ2) is 7.70. The molecule has 3 rings (SSSR count). The van der Waals surface area contributed by atoms with Crippen molar-refractivity contribution in [2.24, 2.45) is 5.73 Å². The first-order valence-electron chi connectivity index (χ1n) is 7.70. The molecule has 7 heteroatoms. The molecule has 0 unspecified atom stereocenters. The monoisotopic (exact) mass is 386 g/mol. The van der Waals surface area contributed by atoms with Gasteiger partial charge in [-0.1, -0.05) is 35.9 Å². The zero-order chi connectivity index (χ0) is 18.7. The van der Waals surface area contributed by atoms with Crippen molar-refractivity contribution in [3.8, 4) is 11.1 Å². The van der Waals surface area contributed by atoms with Crippen LogP contribution in [0, 0.1) is 0 Å². The maximum Gasteiger partial charge on any atom is 0.339 e. The Morgan fingerprint density at radius 1 is 1.08 bits per heavy atom. The van der Waals surface area contributed by atoms with Gasteiger partial charge in [0.25, 0.3) is 5.91 Å². The predicted octanol–water partition coefficient (Wildman–Crippen LogP) is 4.48. The van der Waals surface area contributed by atoms with Gasteiger partial charge in [0.15, 0.2) is 0 Å². The maximum atomic E-state index is 12.4. The molecule has 0 fully saturated rings. The van der Waals surface area contributed by atoms with Crippen LogP contribution in [0.25, 0.3) is 11.1 Å². The Kier molecular flexibility index (Phi) is 5.37. The molecule has 5 nitrogen and oxygen atoms in total. The van der Waals surface area contributed by atoms with E-state index in [4.69, 9.17) is 17.3 Å². The summed E-state index contributed by atoms with van der Waals surface area (Å²) in [7, 11) is 0. The molecule has 0 radical (unpaired) electrons.